The zero-order valence-corrected chi connectivity index (χ0v) is 15.3. The molecule has 0 saturated heterocycles. The minimum Gasteiger partial charge on any atom is -0.0656 e. The third-order valence-corrected chi connectivity index (χ3v) is 3.65. The molecule has 0 radical (unpaired) electrons. The van der Waals surface area contributed by atoms with Crippen molar-refractivity contribution in [2.24, 2.45) is 0 Å². The van der Waals surface area contributed by atoms with Gasteiger partial charge in [0.15, 0.2) is 0 Å². The van der Waals surface area contributed by atoms with Crippen molar-refractivity contribution in [3.63, 3.8) is 0 Å². The minimum absolute atomic E-state index is 1.25. The molecule has 0 nitrogen and oxygen atoms in total. The van der Waals surface area contributed by atoms with E-state index in [0.717, 1.165) is 0 Å². The summed E-state index contributed by atoms with van der Waals surface area (Å²) in [4.78, 5) is 0. The predicted molar refractivity (Wildman–Crippen MR) is 111 cm³/mol. The first-order chi connectivity index (χ1) is 11.8. The van der Waals surface area contributed by atoms with E-state index in [9.17, 15) is 0 Å². The molecular formula is C24H28. The first-order valence-corrected chi connectivity index (χ1v) is 9.06. The highest BCUT2D eigenvalue weighted by molar-refractivity contribution is 6.25. The van der Waals surface area contributed by atoms with Crippen LogP contribution in [0.2, 0.25) is 0 Å². The SMILES string of the molecule is CCC.CCC.c1ccc2c(c1)c1ccccc1c1ccccc21. The fourth-order valence-electron chi connectivity index (χ4n) is 2.86. The molecule has 0 heteroatoms. The van der Waals surface area contributed by atoms with Gasteiger partial charge in [-0.05, 0) is 32.3 Å². The molecule has 4 aromatic carbocycles. The van der Waals surface area contributed by atoms with Crippen molar-refractivity contribution >= 4 is 32.3 Å². The molecule has 0 aliphatic rings. The van der Waals surface area contributed by atoms with Crippen molar-refractivity contribution in [3.8, 4) is 0 Å². The van der Waals surface area contributed by atoms with Crippen LogP contribution in [0, 0.1) is 0 Å². The summed E-state index contributed by atoms with van der Waals surface area (Å²) in [6.07, 6.45) is 2.50. The third-order valence-electron chi connectivity index (χ3n) is 3.65. The summed E-state index contributed by atoms with van der Waals surface area (Å²) in [7, 11) is 0. The second kappa shape index (κ2) is 9.08. The molecule has 0 heterocycles. The van der Waals surface area contributed by atoms with Crippen LogP contribution in [0.4, 0.5) is 0 Å². The predicted octanol–water partition coefficient (Wildman–Crippen LogP) is 7.98. The highest BCUT2D eigenvalue weighted by atomic mass is 14.1. The summed E-state index contributed by atoms with van der Waals surface area (Å²) in [5, 5.41) is 8.04. The van der Waals surface area contributed by atoms with Crippen LogP contribution in [-0.2, 0) is 0 Å². The van der Waals surface area contributed by atoms with Crippen molar-refractivity contribution < 1.29 is 0 Å². The number of fused-ring (bicyclic) bond motifs is 6. The molecule has 0 amide bonds. The van der Waals surface area contributed by atoms with Gasteiger partial charge in [0.25, 0.3) is 0 Å². The van der Waals surface area contributed by atoms with E-state index in [1.807, 2.05) is 0 Å². The van der Waals surface area contributed by atoms with Crippen molar-refractivity contribution in [1.29, 1.82) is 0 Å². The Morgan fingerprint density at radius 2 is 0.500 bits per heavy atom. The fourth-order valence-corrected chi connectivity index (χ4v) is 2.86. The lowest BCUT2D eigenvalue weighted by Gasteiger charge is -2.09. The molecule has 0 saturated carbocycles. The van der Waals surface area contributed by atoms with E-state index in [4.69, 9.17) is 0 Å². The van der Waals surface area contributed by atoms with Crippen LogP contribution in [0.3, 0.4) is 0 Å². The van der Waals surface area contributed by atoms with E-state index in [0.29, 0.717) is 0 Å². The summed E-state index contributed by atoms with van der Waals surface area (Å²) in [6.45, 7) is 8.50. The van der Waals surface area contributed by atoms with Gasteiger partial charge in [-0.2, -0.15) is 0 Å². The number of hydrogen-bond acceptors (Lipinski definition) is 0. The Kier molecular flexibility index (Phi) is 6.81. The largest absolute Gasteiger partial charge is 0.0656 e. The highest BCUT2D eigenvalue weighted by Gasteiger charge is 2.06. The Morgan fingerprint density at radius 1 is 0.375 bits per heavy atom. The Hall–Kier alpha value is -2.34. The van der Waals surface area contributed by atoms with Crippen molar-refractivity contribution in [2.75, 3.05) is 0 Å². The molecule has 0 bridgehead atoms. The van der Waals surface area contributed by atoms with Gasteiger partial charge in [-0.25, -0.2) is 0 Å². The molecule has 0 unspecified atom stereocenters. The minimum atomic E-state index is 1.25. The maximum Gasteiger partial charge on any atom is -0.00990 e. The summed E-state index contributed by atoms with van der Waals surface area (Å²) >= 11 is 0. The summed E-state index contributed by atoms with van der Waals surface area (Å²) < 4.78 is 0. The quantitative estimate of drug-likeness (QED) is 0.288. The van der Waals surface area contributed by atoms with E-state index in [2.05, 4.69) is 100 Å². The average molecular weight is 316 g/mol. The second-order valence-corrected chi connectivity index (χ2v) is 6.05. The molecule has 124 valence electrons. The smallest absolute Gasteiger partial charge is 0.00990 e. The summed E-state index contributed by atoms with van der Waals surface area (Å²) in [5.41, 5.74) is 0. The Bertz CT molecular complexity index is 680. The summed E-state index contributed by atoms with van der Waals surface area (Å²) in [6, 6.07) is 26.0. The molecule has 0 aliphatic carbocycles. The lowest BCUT2D eigenvalue weighted by molar-refractivity contribution is 1.09. The molecule has 0 aromatic heterocycles. The number of hydrogen-bond donors (Lipinski definition) is 0. The van der Waals surface area contributed by atoms with Crippen molar-refractivity contribution in [1.82, 2.24) is 0 Å². The van der Waals surface area contributed by atoms with Crippen LogP contribution < -0.4 is 0 Å². The van der Waals surface area contributed by atoms with Gasteiger partial charge in [0, 0.05) is 0 Å². The number of rotatable bonds is 0. The molecule has 0 N–H and O–H groups in total. The van der Waals surface area contributed by atoms with Gasteiger partial charge in [0.05, 0.1) is 0 Å². The van der Waals surface area contributed by atoms with Crippen molar-refractivity contribution in [3.05, 3.63) is 72.8 Å². The van der Waals surface area contributed by atoms with Gasteiger partial charge in [-0.3, -0.25) is 0 Å². The molecule has 0 spiro atoms. The van der Waals surface area contributed by atoms with Gasteiger partial charge in [0.1, 0.15) is 0 Å². The standard InChI is InChI=1S/C18H12.2C3H8/c1-2-8-14-13(7-1)15-9-3-4-11-17(15)18-12-6-5-10-16(14)18;2*1-3-2/h1-12H;2*3H2,1-2H3. The lowest BCUT2D eigenvalue weighted by Crippen LogP contribution is -1.81. The van der Waals surface area contributed by atoms with Gasteiger partial charge in [0.2, 0.25) is 0 Å². The van der Waals surface area contributed by atoms with E-state index in [-0.39, 0.29) is 0 Å². The Balaban J connectivity index is 0.000000308. The van der Waals surface area contributed by atoms with Crippen LogP contribution in [0.5, 0.6) is 0 Å². The maximum absolute atomic E-state index is 2.21. The van der Waals surface area contributed by atoms with Crippen LogP contribution in [-0.4, -0.2) is 0 Å². The molecule has 4 aromatic rings. The molecular weight excluding hydrogens is 288 g/mol. The van der Waals surface area contributed by atoms with E-state index in [1.54, 1.807) is 0 Å². The Labute approximate surface area is 146 Å². The lowest BCUT2D eigenvalue weighted by atomic mass is 9.95. The number of benzene rings is 4. The molecule has 0 aliphatic heterocycles. The molecule has 4 rings (SSSR count). The van der Waals surface area contributed by atoms with Gasteiger partial charge in [-0.1, -0.05) is 113 Å². The van der Waals surface area contributed by atoms with Crippen LogP contribution in [0.15, 0.2) is 72.8 Å². The summed E-state index contributed by atoms with van der Waals surface area (Å²) in [5.74, 6) is 0. The third kappa shape index (κ3) is 3.76. The van der Waals surface area contributed by atoms with Crippen LogP contribution in [0.25, 0.3) is 32.3 Å². The topological polar surface area (TPSA) is 0 Å². The monoisotopic (exact) mass is 316 g/mol. The molecule has 24 heavy (non-hydrogen) atoms. The zero-order valence-electron chi connectivity index (χ0n) is 15.3. The normalized spacial score (nSPS) is 10.0. The van der Waals surface area contributed by atoms with Gasteiger partial charge >= 0.3 is 0 Å². The first kappa shape index (κ1) is 18.0. The first-order valence-electron chi connectivity index (χ1n) is 9.06. The fraction of sp³-hybridized carbons (Fsp3) is 0.250. The van der Waals surface area contributed by atoms with Gasteiger partial charge < -0.3 is 0 Å². The van der Waals surface area contributed by atoms with E-state index < -0.39 is 0 Å². The zero-order chi connectivity index (χ0) is 17.4. The maximum atomic E-state index is 2.21. The Morgan fingerprint density at radius 3 is 0.625 bits per heavy atom. The highest BCUT2D eigenvalue weighted by Crippen LogP contribution is 2.34. The van der Waals surface area contributed by atoms with Gasteiger partial charge in [-0.15, -0.1) is 0 Å². The molecule has 0 atom stereocenters. The average Bonchev–Trinajstić information content (AvgIpc) is 2.63. The van der Waals surface area contributed by atoms with E-state index >= 15 is 0 Å². The molecule has 0 fully saturated rings. The van der Waals surface area contributed by atoms with Crippen LogP contribution in [0.1, 0.15) is 40.5 Å². The second-order valence-electron chi connectivity index (χ2n) is 6.05. The van der Waals surface area contributed by atoms with Crippen molar-refractivity contribution in [2.45, 2.75) is 40.5 Å². The van der Waals surface area contributed by atoms with E-state index in [1.165, 1.54) is 45.2 Å². The van der Waals surface area contributed by atoms with Crippen LogP contribution >= 0.6 is 0 Å².